The van der Waals surface area contributed by atoms with E-state index in [-0.39, 0.29) is 25.2 Å². The Morgan fingerprint density at radius 2 is 2.29 bits per heavy atom. The van der Waals surface area contributed by atoms with E-state index in [0.29, 0.717) is 13.2 Å². The Kier molecular flexibility index (Phi) is 5.51. The molecule has 1 aliphatic rings. The van der Waals surface area contributed by atoms with Crippen LogP contribution in [0.2, 0.25) is 0 Å². The Morgan fingerprint density at radius 1 is 1.43 bits per heavy atom. The second-order valence-corrected chi connectivity index (χ2v) is 3.15. The van der Waals surface area contributed by atoms with Crippen molar-refractivity contribution < 1.29 is 19.4 Å². The third-order valence-electron chi connectivity index (χ3n) is 2.05. The van der Waals surface area contributed by atoms with E-state index in [0.717, 1.165) is 19.4 Å². The van der Waals surface area contributed by atoms with Crippen molar-refractivity contribution in [3.63, 3.8) is 0 Å². The fraction of sp³-hybridized carbons (Fsp3) is 0.889. The molecular formula is C9H17NO4. The van der Waals surface area contributed by atoms with Gasteiger partial charge in [-0.05, 0) is 19.4 Å². The fourth-order valence-corrected chi connectivity index (χ4v) is 1.35. The Balaban J connectivity index is 1.97. The summed E-state index contributed by atoms with van der Waals surface area (Å²) in [6.07, 6.45) is 1.89. The first-order valence-electron chi connectivity index (χ1n) is 4.93. The van der Waals surface area contributed by atoms with Crippen LogP contribution in [0.4, 0.5) is 0 Å². The molecule has 0 aromatic heterocycles. The molecule has 0 amide bonds. The molecule has 1 aliphatic heterocycles. The largest absolute Gasteiger partial charge is 0.462 e. The lowest BCUT2D eigenvalue weighted by Gasteiger charge is -2.09. The van der Waals surface area contributed by atoms with Gasteiger partial charge in [0.25, 0.3) is 0 Å². The van der Waals surface area contributed by atoms with Gasteiger partial charge in [0.05, 0.1) is 19.8 Å². The lowest BCUT2D eigenvalue weighted by atomic mass is 10.2. The lowest BCUT2D eigenvalue weighted by molar-refractivity contribution is -0.147. The first-order valence-corrected chi connectivity index (χ1v) is 4.93. The Hall–Kier alpha value is -0.650. The highest BCUT2D eigenvalue weighted by molar-refractivity contribution is 5.76. The van der Waals surface area contributed by atoms with E-state index in [4.69, 9.17) is 14.6 Å². The van der Waals surface area contributed by atoms with Gasteiger partial charge in [0.1, 0.15) is 12.6 Å². The zero-order valence-corrected chi connectivity index (χ0v) is 8.20. The summed E-state index contributed by atoms with van der Waals surface area (Å²) in [5.74, 6) is -0.199. The monoisotopic (exact) mass is 203 g/mol. The van der Waals surface area contributed by atoms with Crippen LogP contribution in [0, 0.1) is 0 Å². The van der Waals surface area contributed by atoms with Crippen molar-refractivity contribution >= 4 is 5.97 Å². The molecule has 1 atom stereocenters. The standard InChI is InChI=1S/C9H17NO4/c11-4-5-13-6-7-14-9(12)8-2-1-3-10-8/h8,10-11H,1-7H2. The molecule has 0 aromatic carbocycles. The SMILES string of the molecule is O=C(OCCOCCO)C1CCCN1. The van der Waals surface area contributed by atoms with E-state index in [1.165, 1.54) is 0 Å². The van der Waals surface area contributed by atoms with Crippen molar-refractivity contribution in [2.75, 3.05) is 33.0 Å². The van der Waals surface area contributed by atoms with Gasteiger partial charge in [-0.15, -0.1) is 0 Å². The predicted octanol–water partition coefficient (Wildman–Crippen LogP) is -0.709. The minimum Gasteiger partial charge on any atom is -0.462 e. The van der Waals surface area contributed by atoms with Gasteiger partial charge in [-0.2, -0.15) is 0 Å². The molecule has 82 valence electrons. The molecule has 1 rings (SSSR count). The molecule has 2 N–H and O–H groups in total. The molecule has 0 spiro atoms. The maximum absolute atomic E-state index is 11.3. The minimum atomic E-state index is -0.199. The molecular weight excluding hydrogens is 186 g/mol. The van der Waals surface area contributed by atoms with E-state index in [1.807, 2.05) is 0 Å². The number of nitrogens with one attached hydrogen (secondary N) is 1. The van der Waals surface area contributed by atoms with Crippen molar-refractivity contribution in [1.29, 1.82) is 0 Å². The average Bonchev–Trinajstić information content (AvgIpc) is 2.70. The molecule has 0 radical (unpaired) electrons. The molecule has 0 aromatic rings. The maximum atomic E-state index is 11.3. The van der Waals surface area contributed by atoms with Gasteiger partial charge in [-0.1, -0.05) is 0 Å². The molecule has 1 fully saturated rings. The number of carbonyl (C=O) groups excluding carboxylic acids is 1. The number of aliphatic hydroxyl groups is 1. The van der Waals surface area contributed by atoms with E-state index >= 15 is 0 Å². The average molecular weight is 203 g/mol. The van der Waals surface area contributed by atoms with Crippen molar-refractivity contribution in [3.8, 4) is 0 Å². The predicted molar refractivity (Wildman–Crippen MR) is 49.9 cm³/mol. The number of esters is 1. The third kappa shape index (κ3) is 4.04. The summed E-state index contributed by atoms with van der Waals surface area (Å²) in [6.45, 7) is 1.79. The Morgan fingerprint density at radius 3 is 2.93 bits per heavy atom. The first kappa shape index (κ1) is 11.4. The summed E-state index contributed by atoms with van der Waals surface area (Å²) in [6, 6.07) is -0.132. The van der Waals surface area contributed by atoms with Gasteiger partial charge in [0.15, 0.2) is 0 Å². The van der Waals surface area contributed by atoms with E-state index in [1.54, 1.807) is 0 Å². The highest BCUT2D eigenvalue weighted by atomic mass is 16.6. The van der Waals surface area contributed by atoms with Crippen LogP contribution >= 0.6 is 0 Å². The van der Waals surface area contributed by atoms with Crippen molar-refractivity contribution in [1.82, 2.24) is 5.32 Å². The van der Waals surface area contributed by atoms with E-state index in [2.05, 4.69) is 5.32 Å². The summed E-state index contributed by atoms with van der Waals surface area (Å²) in [4.78, 5) is 11.3. The number of rotatable bonds is 6. The van der Waals surface area contributed by atoms with Crippen LogP contribution in [0.1, 0.15) is 12.8 Å². The number of carbonyl (C=O) groups is 1. The van der Waals surface area contributed by atoms with Crippen molar-refractivity contribution in [2.45, 2.75) is 18.9 Å². The van der Waals surface area contributed by atoms with Gasteiger partial charge < -0.3 is 19.9 Å². The number of ether oxygens (including phenoxy) is 2. The molecule has 5 heteroatoms. The van der Waals surface area contributed by atoms with E-state index < -0.39 is 0 Å². The summed E-state index contributed by atoms with van der Waals surface area (Å²) in [7, 11) is 0. The van der Waals surface area contributed by atoms with Gasteiger partial charge in [0.2, 0.25) is 0 Å². The zero-order valence-electron chi connectivity index (χ0n) is 8.20. The number of hydrogen-bond acceptors (Lipinski definition) is 5. The Labute approximate surface area is 83.4 Å². The minimum absolute atomic E-state index is 0.00186. The first-order chi connectivity index (χ1) is 6.84. The molecule has 0 aliphatic carbocycles. The molecule has 1 saturated heterocycles. The second kappa shape index (κ2) is 6.75. The number of hydrogen-bond donors (Lipinski definition) is 2. The molecule has 1 heterocycles. The van der Waals surface area contributed by atoms with Crippen LogP contribution in [-0.2, 0) is 14.3 Å². The van der Waals surface area contributed by atoms with Crippen molar-refractivity contribution in [2.24, 2.45) is 0 Å². The normalized spacial score (nSPS) is 21.1. The summed E-state index contributed by atoms with van der Waals surface area (Å²) < 4.78 is 9.91. The highest BCUT2D eigenvalue weighted by Gasteiger charge is 2.22. The van der Waals surface area contributed by atoms with E-state index in [9.17, 15) is 4.79 Å². The van der Waals surface area contributed by atoms with Crippen LogP contribution in [0.15, 0.2) is 0 Å². The van der Waals surface area contributed by atoms with Gasteiger partial charge in [-0.25, -0.2) is 0 Å². The quantitative estimate of drug-likeness (QED) is 0.441. The summed E-state index contributed by atoms with van der Waals surface area (Å²) >= 11 is 0. The lowest BCUT2D eigenvalue weighted by Crippen LogP contribution is -2.33. The smallest absolute Gasteiger partial charge is 0.323 e. The molecule has 0 saturated carbocycles. The second-order valence-electron chi connectivity index (χ2n) is 3.15. The fourth-order valence-electron chi connectivity index (χ4n) is 1.35. The highest BCUT2D eigenvalue weighted by Crippen LogP contribution is 2.06. The third-order valence-corrected chi connectivity index (χ3v) is 2.05. The van der Waals surface area contributed by atoms with Crippen LogP contribution in [0.25, 0.3) is 0 Å². The molecule has 5 nitrogen and oxygen atoms in total. The van der Waals surface area contributed by atoms with Crippen LogP contribution < -0.4 is 5.32 Å². The van der Waals surface area contributed by atoms with Crippen LogP contribution in [0.5, 0.6) is 0 Å². The number of aliphatic hydroxyl groups excluding tert-OH is 1. The van der Waals surface area contributed by atoms with Gasteiger partial charge >= 0.3 is 5.97 Å². The summed E-state index contributed by atoms with van der Waals surface area (Å²) in [5, 5.41) is 11.5. The molecule has 14 heavy (non-hydrogen) atoms. The topological polar surface area (TPSA) is 67.8 Å². The maximum Gasteiger partial charge on any atom is 0.323 e. The van der Waals surface area contributed by atoms with Gasteiger partial charge in [0, 0.05) is 0 Å². The Bertz CT molecular complexity index is 168. The molecule has 1 unspecified atom stereocenters. The van der Waals surface area contributed by atoms with Crippen LogP contribution in [0.3, 0.4) is 0 Å². The van der Waals surface area contributed by atoms with Gasteiger partial charge in [-0.3, -0.25) is 4.79 Å². The van der Waals surface area contributed by atoms with Crippen LogP contribution in [-0.4, -0.2) is 50.1 Å². The van der Waals surface area contributed by atoms with Crippen molar-refractivity contribution in [3.05, 3.63) is 0 Å². The molecule has 0 bridgehead atoms. The zero-order chi connectivity index (χ0) is 10.2. The summed E-state index contributed by atoms with van der Waals surface area (Å²) in [5.41, 5.74) is 0.